The summed E-state index contributed by atoms with van der Waals surface area (Å²) in [6.07, 6.45) is 6.39. The molecule has 0 amide bonds. The van der Waals surface area contributed by atoms with Crippen LogP contribution < -0.4 is 10.8 Å². The van der Waals surface area contributed by atoms with Gasteiger partial charge in [0.25, 0.3) is 0 Å². The Hall–Kier alpha value is -0.905. The van der Waals surface area contributed by atoms with Gasteiger partial charge in [0.15, 0.2) is 0 Å². The van der Waals surface area contributed by atoms with Gasteiger partial charge in [-0.25, -0.2) is 4.39 Å². The van der Waals surface area contributed by atoms with E-state index in [0.717, 1.165) is 17.6 Å². The van der Waals surface area contributed by atoms with Gasteiger partial charge in [-0.15, -0.1) is 0 Å². The zero-order chi connectivity index (χ0) is 17.4. The van der Waals surface area contributed by atoms with E-state index in [2.05, 4.69) is 5.32 Å². The summed E-state index contributed by atoms with van der Waals surface area (Å²) in [6.45, 7) is 8.81. The van der Waals surface area contributed by atoms with Crippen molar-refractivity contribution in [1.29, 1.82) is 0 Å². The fourth-order valence-corrected chi connectivity index (χ4v) is 3.48. The Morgan fingerprint density at radius 2 is 1.71 bits per heavy atom. The van der Waals surface area contributed by atoms with E-state index in [4.69, 9.17) is 9.31 Å². The van der Waals surface area contributed by atoms with Crippen LogP contribution >= 0.6 is 0 Å². The molecule has 24 heavy (non-hydrogen) atoms. The molecule has 5 heteroatoms. The lowest BCUT2D eigenvalue weighted by Crippen LogP contribution is -2.41. The van der Waals surface area contributed by atoms with E-state index in [1.54, 1.807) is 6.07 Å². The van der Waals surface area contributed by atoms with Crippen LogP contribution in [-0.4, -0.2) is 24.4 Å². The molecule has 1 saturated carbocycles. The third-order valence-corrected chi connectivity index (χ3v) is 5.80. The van der Waals surface area contributed by atoms with Gasteiger partial charge < -0.3 is 14.6 Å². The van der Waals surface area contributed by atoms with Crippen LogP contribution in [0.3, 0.4) is 0 Å². The van der Waals surface area contributed by atoms with Crippen molar-refractivity contribution < 1.29 is 13.7 Å². The SMILES string of the molecule is CC1(C)OB(c2cc(F)ccc2CNC2CCCCC2)OC1(C)C. The lowest BCUT2D eigenvalue weighted by atomic mass is 9.75. The molecule has 1 aromatic rings. The smallest absolute Gasteiger partial charge is 0.399 e. The highest BCUT2D eigenvalue weighted by Crippen LogP contribution is 2.36. The van der Waals surface area contributed by atoms with Gasteiger partial charge in [0, 0.05) is 12.6 Å². The molecule has 0 radical (unpaired) electrons. The zero-order valence-corrected chi connectivity index (χ0v) is 15.3. The number of benzene rings is 1. The van der Waals surface area contributed by atoms with Gasteiger partial charge in [0.05, 0.1) is 11.2 Å². The molecule has 1 aliphatic heterocycles. The van der Waals surface area contributed by atoms with E-state index in [-0.39, 0.29) is 5.82 Å². The minimum Gasteiger partial charge on any atom is -0.399 e. The highest BCUT2D eigenvalue weighted by molar-refractivity contribution is 6.62. The third kappa shape index (κ3) is 3.68. The molecule has 0 spiro atoms. The van der Waals surface area contributed by atoms with Crippen LogP contribution in [0.2, 0.25) is 0 Å². The van der Waals surface area contributed by atoms with Crippen LogP contribution in [0.1, 0.15) is 65.4 Å². The van der Waals surface area contributed by atoms with Crippen LogP contribution in [-0.2, 0) is 15.9 Å². The van der Waals surface area contributed by atoms with Crippen molar-refractivity contribution in [2.24, 2.45) is 0 Å². The minimum absolute atomic E-state index is 0.249. The first-order valence-corrected chi connectivity index (χ1v) is 9.16. The van der Waals surface area contributed by atoms with Crippen LogP contribution in [0.25, 0.3) is 0 Å². The molecule has 0 aromatic heterocycles. The lowest BCUT2D eigenvalue weighted by molar-refractivity contribution is 0.00578. The maximum Gasteiger partial charge on any atom is 0.495 e. The largest absolute Gasteiger partial charge is 0.495 e. The molecule has 1 heterocycles. The molecule has 3 rings (SSSR count). The Bertz CT molecular complexity index is 569. The number of rotatable bonds is 4. The lowest BCUT2D eigenvalue weighted by Gasteiger charge is -2.32. The second-order valence-corrected chi connectivity index (χ2v) is 8.15. The Balaban J connectivity index is 1.76. The summed E-state index contributed by atoms with van der Waals surface area (Å²) < 4.78 is 26.1. The summed E-state index contributed by atoms with van der Waals surface area (Å²) in [5, 5.41) is 3.63. The summed E-state index contributed by atoms with van der Waals surface area (Å²) in [5.41, 5.74) is 1.02. The van der Waals surface area contributed by atoms with E-state index in [9.17, 15) is 4.39 Å². The van der Waals surface area contributed by atoms with Crippen molar-refractivity contribution in [3.05, 3.63) is 29.6 Å². The monoisotopic (exact) mass is 333 g/mol. The first-order valence-electron chi connectivity index (χ1n) is 9.16. The van der Waals surface area contributed by atoms with Crippen molar-refractivity contribution in [2.45, 2.75) is 83.6 Å². The van der Waals surface area contributed by atoms with Crippen LogP contribution in [0.4, 0.5) is 4.39 Å². The Kier molecular flexibility index (Phi) is 5.05. The van der Waals surface area contributed by atoms with Crippen molar-refractivity contribution in [2.75, 3.05) is 0 Å². The molecule has 0 bridgehead atoms. The fraction of sp³-hybridized carbons (Fsp3) is 0.684. The van der Waals surface area contributed by atoms with Crippen LogP contribution in [0, 0.1) is 5.82 Å². The second kappa shape index (κ2) is 6.78. The average Bonchev–Trinajstić information content (AvgIpc) is 2.75. The Labute approximate surface area is 145 Å². The molecule has 0 unspecified atom stereocenters. The molecule has 2 fully saturated rings. The van der Waals surface area contributed by atoms with E-state index in [1.165, 1.54) is 38.2 Å². The summed E-state index contributed by atoms with van der Waals surface area (Å²) in [5.74, 6) is -0.249. The Morgan fingerprint density at radius 3 is 2.33 bits per heavy atom. The summed E-state index contributed by atoms with van der Waals surface area (Å²) in [7, 11) is -0.520. The van der Waals surface area contributed by atoms with Crippen LogP contribution in [0.15, 0.2) is 18.2 Å². The predicted molar refractivity (Wildman–Crippen MR) is 95.8 cm³/mol. The second-order valence-electron chi connectivity index (χ2n) is 8.15. The molecule has 132 valence electrons. The van der Waals surface area contributed by atoms with Gasteiger partial charge in [-0.1, -0.05) is 25.3 Å². The topological polar surface area (TPSA) is 30.5 Å². The Morgan fingerprint density at radius 1 is 1.08 bits per heavy atom. The van der Waals surface area contributed by atoms with Gasteiger partial charge in [-0.3, -0.25) is 0 Å². The standard InChI is InChI=1S/C19H29BFNO2/c1-18(2)19(3,4)24-20(23-18)17-12-15(21)11-10-14(17)13-22-16-8-6-5-7-9-16/h10-12,16,22H,5-9,13H2,1-4H3. The summed E-state index contributed by atoms with van der Waals surface area (Å²) >= 11 is 0. The zero-order valence-electron chi connectivity index (χ0n) is 15.3. The maximum atomic E-state index is 13.8. The number of halogens is 1. The minimum atomic E-state index is -0.520. The van der Waals surface area contributed by atoms with Gasteiger partial charge in [-0.05, 0) is 63.7 Å². The molecule has 2 aliphatic rings. The van der Waals surface area contributed by atoms with Crippen molar-refractivity contribution in [3.8, 4) is 0 Å². The third-order valence-electron chi connectivity index (χ3n) is 5.80. The molecule has 1 saturated heterocycles. The number of nitrogens with one attached hydrogen (secondary N) is 1. The first kappa shape index (κ1) is 17.9. The molecule has 1 N–H and O–H groups in total. The summed E-state index contributed by atoms with van der Waals surface area (Å²) in [4.78, 5) is 0. The normalized spacial score (nSPS) is 23.6. The van der Waals surface area contributed by atoms with Crippen molar-refractivity contribution in [3.63, 3.8) is 0 Å². The average molecular weight is 333 g/mol. The molecular weight excluding hydrogens is 304 g/mol. The van der Waals surface area contributed by atoms with Crippen molar-refractivity contribution >= 4 is 12.6 Å². The van der Waals surface area contributed by atoms with Gasteiger partial charge in [0.2, 0.25) is 0 Å². The van der Waals surface area contributed by atoms with Gasteiger partial charge >= 0.3 is 7.12 Å². The molecular formula is C19H29BFNO2. The van der Waals surface area contributed by atoms with Crippen LogP contribution in [0.5, 0.6) is 0 Å². The van der Waals surface area contributed by atoms with Crippen molar-refractivity contribution in [1.82, 2.24) is 5.32 Å². The van der Waals surface area contributed by atoms with Gasteiger partial charge in [0.1, 0.15) is 5.82 Å². The van der Waals surface area contributed by atoms with Gasteiger partial charge in [-0.2, -0.15) is 0 Å². The van der Waals surface area contributed by atoms with E-state index < -0.39 is 18.3 Å². The van der Waals surface area contributed by atoms with E-state index in [1.807, 2.05) is 33.8 Å². The maximum absolute atomic E-state index is 13.8. The van der Waals surface area contributed by atoms with E-state index in [0.29, 0.717) is 6.04 Å². The van der Waals surface area contributed by atoms with E-state index >= 15 is 0 Å². The number of hydrogen-bond acceptors (Lipinski definition) is 3. The number of hydrogen-bond donors (Lipinski definition) is 1. The predicted octanol–water partition coefficient (Wildman–Crippen LogP) is 3.55. The highest BCUT2D eigenvalue weighted by atomic mass is 19.1. The fourth-order valence-electron chi connectivity index (χ4n) is 3.48. The highest BCUT2D eigenvalue weighted by Gasteiger charge is 2.52. The molecule has 3 nitrogen and oxygen atoms in total. The molecule has 1 aliphatic carbocycles. The molecule has 1 aromatic carbocycles. The summed E-state index contributed by atoms with van der Waals surface area (Å²) in [6, 6.07) is 5.49. The molecule has 0 atom stereocenters. The first-order chi connectivity index (χ1) is 11.3. The quantitative estimate of drug-likeness (QED) is 0.855.